The molecule has 1 nitrogen and oxygen atoms in total. The van der Waals surface area contributed by atoms with Crippen LogP contribution in [0.1, 0.15) is 57.8 Å². The van der Waals surface area contributed by atoms with Gasteiger partial charge in [-0.25, -0.2) is 0 Å². The molecule has 14 heavy (non-hydrogen) atoms. The van der Waals surface area contributed by atoms with Crippen LogP contribution in [0, 0.1) is 5.92 Å². The van der Waals surface area contributed by atoms with Crippen molar-refractivity contribution in [3.63, 3.8) is 0 Å². The fourth-order valence-corrected chi connectivity index (χ4v) is 2.72. The predicted octanol–water partition coefficient (Wildman–Crippen LogP) is 3.44. The largest absolute Gasteiger partial charge is 0.301 e. The summed E-state index contributed by atoms with van der Waals surface area (Å²) in [4.78, 5) is 2.54. The Kier molecular flexibility index (Phi) is 4.30. The molecule has 2 rings (SSSR count). The summed E-state index contributed by atoms with van der Waals surface area (Å²) < 4.78 is 0. The first-order valence-corrected chi connectivity index (χ1v) is 6.67. The molecule has 0 atom stereocenters. The molecular weight excluding hydrogens is 170 g/mol. The van der Waals surface area contributed by atoms with Gasteiger partial charge in [-0.15, -0.1) is 0 Å². The summed E-state index contributed by atoms with van der Waals surface area (Å²) in [5.41, 5.74) is 0. The van der Waals surface area contributed by atoms with Gasteiger partial charge in [0.1, 0.15) is 0 Å². The van der Waals surface area contributed by atoms with Gasteiger partial charge in [0.2, 0.25) is 0 Å². The summed E-state index contributed by atoms with van der Waals surface area (Å²) in [6.07, 6.45) is 13.5. The molecular formula is C13H25N. The number of unbranched alkanes of at least 4 members (excludes halogenated alkanes) is 3. The summed E-state index contributed by atoms with van der Waals surface area (Å²) in [7, 11) is 0. The molecule has 0 radical (unpaired) electrons. The molecule has 1 heteroatoms. The Morgan fingerprint density at radius 1 is 0.857 bits per heavy atom. The second kappa shape index (κ2) is 5.75. The molecule has 0 aromatic carbocycles. The summed E-state index contributed by atoms with van der Waals surface area (Å²) in [6.45, 7) is 4.13. The van der Waals surface area contributed by atoms with Crippen LogP contribution in [0.3, 0.4) is 0 Å². The molecule has 0 unspecified atom stereocenters. The summed E-state index contributed by atoms with van der Waals surface area (Å²) in [5, 5.41) is 0. The zero-order valence-electron chi connectivity index (χ0n) is 9.51. The van der Waals surface area contributed by atoms with Crippen molar-refractivity contribution in [2.45, 2.75) is 57.8 Å². The Balaban J connectivity index is 1.35. The molecule has 1 saturated heterocycles. The Labute approximate surface area is 88.9 Å². The molecule has 1 aliphatic carbocycles. The van der Waals surface area contributed by atoms with Gasteiger partial charge in [-0.3, -0.25) is 0 Å². The van der Waals surface area contributed by atoms with Crippen molar-refractivity contribution >= 4 is 0 Å². The predicted molar refractivity (Wildman–Crippen MR) is 61.5 cm³/mol. The van der Waals surface area contributed by atoms with Gasteiger partial charge in [-0.2, -0.15) is 0 Å². The topological polar surface area (TPSA) is 3.01 Å². The van der Waals surface area contributed by atoms with Crippen molar-refractivity contribution in [1.29, 1.82) is 0 Å². The van der Waals surface area contributed by atoms with Crippen molar-refractivity contribution in [2.75, 3.05) is 19.6 Å². The third-order valence-corrected chi connectivity index (χ3v) is 3.85. The highest BCUT2D eigenvalue weighted by Crippen LogP contribution is 2.29. The molecule has 2 fully saturated rings. The van der Waals surface area contributed by atoms with E-state index in [0.29, 0.717) is 0 Å². The van der Waals surface area contributed by atoms with E-state index >= 15 is 0 Å². The van der Waals surface area contributed by atoms with Gasteiger partial charge in [0, 0.05) is 13.1 Å². The lowest BCUT2D eigenvalue weighted by atomic mass is 9.99. The second-order valence-corrected chi connectivity index (χ2v) is 5.20. The van der Waals surface area contributed by atoms with E-state index in [2.05, 4.69) is 4.90 Å². The average Bonchev–Trinajstić information content (AvgIpc) is 2.87. The van der Waals surface area contributed by atoms with Crippen LogP contribution in [0.4, 0.5) is 0 Å². The molecule has 0 spiro atoms. The van der Waals surface area contributed by atoms with E-state index < -0.39 is 0 Å². The molecule has 1 heterocycles. The van der Waals surface area contributed by atoms with Gasteiger partial charge >= 0.3 is 0 Å². The summed E-state index contributed by atoms with van der Waals surface area (Å²) >= 11 is 0. The first kappa shape index (κ1) is 10.5. The van der Waals surface area contributed by atoms with Crippen molar-refractivity contribution in [2.24, 2.45) is 5.92 Å². The van der Waals surface area contributed by atoms with Crippen LogP contribution in [-0.2, 0) is 0 Å². The zero-order chi connectivity index (χ0) is 9.64. The van der Waals surface area contributed by atoms with Crippen LogP contribution >= 0.6 is 0 Å². The molecule has 0 N–H and O–H groups in total. The number of nitrogens with zero attached hydrogens (tertiary/aromatic N) is 1. The van der Waals surface area contributed by atoms with E-state index in [-0.39, 0.29) is 0 Å². The highest BCUT2D eigenvalue weighted by atomic mass is 15.2. The highest BCUT2D eigenvalue weighted by molar-refractivity contribution is 4.71. The van der Waals surface area contributed by atoms with E-state index in [9.17, 15) is 0 Å². The minimum atomic E-state index is 1.11. The van der Waals surface area contributed by atoms with Crippen molar-refractivity contribution in [3.8, 4) is 0 Å². The molecule has 2 aliphatic rings. The molecule has 82 valence electrons. The zero-order valence-corrected chi connectivity index (χ0v) is 9.51. The van der Waals surface area contributed by atoms with E-state index in [1.54, 1.807) is 0 Å². The molecule has 0 amide bonds. The van der Waals surface area contributed by atoms with Gasteiger partial charge in [-0.1, -0.05) is 51.4 Å². The monoisotopic (exact) mass is 195 g/mol. The highest BCUT2D eigenvalue weighted by Gasteiger charge is 2.16. The van der Waals surface area contributed by atoms with Gasteiger partial charge in [-0.05, 0) is 18.9 Å². The van der Waals surface area contributed by atoms with Crippen molar-refractivity contribution in [3.05, 3.63) is 0 Å². The maximum atomic E-state index is 2.54. The van der Waals surface area contributed by atoms with Crippen molar-refractivity contribution in [1.82, 2.24) is 4.90 Å². The van der Waals surface area contributed by atoms with E-state index in [1.165, 1.54) is 77.4 Å². The van der Waals surface area contributed by atoms with E-state index in [4.69, 9.17) is 0 Å². The van der Waals surface area contributed by atoms with Crippen LogP contribution in [0.25, 0.3) is 0 Å². The lowest BCUT2D eigenvalue weighted by molar-refractivity contribution is 0.451. The Hall–Kier alpha value is -0.0400. The molecule has 0 aromatic heterocycles. The number of hydrogen-bond donors (Lipinski definition) is 0. The third kappa shape index (κ3) is 4.00. The fourth-order valence-electron chi connectivity index (χ4n) is 2.72. The Bertz CT molecular complexity index is 145. The van der Waals surface area contributed by atoms with Crippen molar-refractivity contribution < 1.29 is 0 Å². The quantitative estimate of drug-likeness (QED) is 0.444. The first-order chi connectivity index (χ1) is 6.95. The number of hydrogen-bond acceptors (Lipinski definition) is 1. The molecule has 0 bridgehead atoms. The van der Waals surface area contributed by atoms with Crippen LogP contribution in [-0.4, -0.2) is 24.5 Å². The maximum Gasteiger partial charge on any atom is 0.0110 e. The molecule has 1 saturated carbocycles. The SMILES string of the molecule is C(CCCN1CC1)CCC1CCCC1. The van der Waals surface area contributed by atoms with Crippen LogP contribution < -0.4 is 0 Å². The lowest BCUT2D eigenvalue weighted by Crippen LogP contribution is -1.98. The minimum absolute atomic E-state index is 1.11. The third-order valence-electron chi connectivity index (χ3n) is 3.85. The first-order valence-electron chi connectivity index (χ1n) is 6.67. The van der Waals surface area contributed by atoms with Gasteiger partial charge in [0.15, 0.2) is 0 Å². The Morgan fingerprint density at radius 2 is 1.57 bits per heavy atom. The van der Waals surface area contributed by atoms with Gasteiger partial charge in [0.05, 0.1) is 0 Å². The number of rotatable bonds is 7. The smallest absolute Gasteiger partial charge is 0.0110 e. The van der Waals surface area contributed by atoms with E-state index in [0.717, 1.165) is 5.92 Å². The maximum absolute atomic E-state index is 2.54. The molecule has 0 aromatic rings. The van der Waals surface area contributed by atoms with Crippen LogP contribution in [0.5, 0.6) is 0 Å². The average molecular weight is 195 g/mol. The molecule has 1 aliphatic heterocycles. The van der Waals surface area contributed by atoms with Gasteiger partial charge in [0.25, 0.3) is 0 Å². The summed E-state index contributed by atoms with van der Waals surface area (Å²) in [6, 6.07) is 0. The standard InChI is InChI=1S/C13H25N/c1(2-6-10-14-11-12-14)3-7-13-8-4-5-9-13/h13H,1-12H2. The lowest BCUT2D eigenvalue weighted by Gasteiger charge is -2.07. The van der Waals surface area contributed by atoms with Crippen LogP contribution in [0.15, 0.2) is 0 Å². The second-order valence-electron chi connectivity index (χ2n) is 5.20. The summed E-state index contributed by atoms with van der Waals surface area (Å²) in [5.74, 6) is 1.11. The fraction of sp³-hybridized carbons (Fsp3) is 1.00. The van der Waals surface area contributed by atoms with Crippen LogP contribution in [0.2, 0.25) is 0 Å². The van der Waals surface area contributed by atoms with E-state index in [1.807, 2.05) is 0 Å². The Morgan fingerprint density at radius 3 is 2.29 bits per heavy atom. The van der Waals surface area contributed by atoms with Gasteiger partial charge < -0.3 is 4.90 Å². The minimum Gasteiger partial charge on any atom is -0.301 e. The normalized spacial score (nSPS) is 23.1.